The first-order valence-corrected chi connectivity index (χ1v) is 8.93. The standard InChI is InChI=1S/C22H15FN2O5/c23-16-7-1-13(2-8-16)12-25-20(26)18(24-22(25)29)11-17-9-10-19(30-17)14-3-5-15(6-4-14)21(27)28/h1-11H,12H2,(H,24,29)(H,27,28). The number of carbonyl (C=O) groups excluding carboxylic acids is 2. The van der Waals surface area contributed by atoms with E-state index in [4.69, 9.17) is 9.52 Å². The number of urea groups is 1. The van der Waals surface area contributed by atoms with Crippen LogP contribution in [0.1, 0.15) is 21.7 Å². The van der Waals surface area contributed by atoms with E-state index < -0.39 is 23.7 Å². The van der Waals surface area contributed by atoms with Crippen molar-refractivity contribution < 1.29 is 28.3 Å². The van der Waals surface area contributed by atoms with Gasteiger partial charge in [0.2, 0.25) is 0 Å². The molecule has 0 atom stereocenters. The smallest absolute Gasteiger partial charge is 0.335 e. The van der Waals surface area contributed by atoms with Crippen molar-refractivity contribution in [3.63, 3.8) is 0 Å². The largest absolute Gasteiger partial charge is 0.478 e. The fourth-order valence-electron chi connectivity index (χ4n) is 2.99. The highest BCUT2D eigenvalue weighted by Crippen LogP contribution is 2.25. The molecule has 4 rings (SSSR count). The number of benzene rings is 2. The number of aromatic carboxylic acids is 1. The predicted octanol–water partition coefficient (Wildman–Crippen LogP) is 3.88. The number of hydrogen-bond acceptors (Lipinski definition) is 4. The molecule has 0 bridgehead atoms. The maximum Gasteiger partial charge on any atom is 0.335 e. The van der Waals surface area contributed by atoms with Crippen molar-refractivity contribution in [2.75, 3.05) is 0 Å². The van der Waals surface area contributed by atoms with Crippen LogP contribution in [0.2, 0.25) is 0 Å². The zero-order chi connectivity index (χ0) is 21.3. The van der Waals surface area contributed by atoms with Gasteiger partial charge < -0.3 is 14.8 Å². The summed E-state index contributed by atoms with van der Waals surface area (Å²) >= 11 is 0. The molecule has 0 spiro atoms. The van der Waals surface area contributed by atoms with E-state index in [1.165, 1.54) is 42.5 Å². The maximum absolute atomic E-state index is 13.0. The number of hydrogen-bond donors (Lipinski definition) is 2. The number of furan rings is 1. The maximum atomic E-state index is 13.0. The third kappa shape index (κ3) is 3.83. The fraction of sp³-hybridized carbons (Fsp3) is 0.0455. The molecule has 1 aliphatic heterocycles. The van der Waals surface area contributed by atoms with Gasteiger partial charge in [0.1, 0.15) is 23.0 Å². The fourth-order valence-corrected chi connectivity index (χ4v) is 2.99. The minimum Gasteiger partial charge on any atom is -0.478 e. The number of carbonyl (C=O) groups is 3. The van der Waals surface area contributed by atoms with Crippen molar-refractivity contribution in [1.29, 1.82) is 0 Å². The summed E-state index contributed by atoms with van der Waals surface area (Å²) in [5.74, 6) is -1.11. The highest BCUT2D eigenvalue weighted by molar-refractivity contribution is 6.13. The molecule has 30 heavy (non-hydrogen) atoms. The lowest BCUT2D eigenvalue weighted by Crippen LogP contribution is -2.30. The zero-order valence-corrected chi connectivity index (χ0v) is 15.5. The Labute approximate surface area is 170 Å². The zero-order valence-electron chi connectivity index (χ0n) is 15.5. The van der Waals surface area contributed by atoms with Crippen LogP contribution in [-0.4, -0.2) is 27.9 Å². The van der Waals surface area contributed by atoms with E-state index in [-0.39, 0.29) is 17.8 Å². The molecule has 0 aliphatic carbocycles. The van der Waals surface area contributed by atoms with E-state index >= 15 is 0 Å². The molecule has 1 saturated heterocycles. The van der Waals surface area contributed by atoms with Crippen LogP contribution in [0.15, 0.2) is 70.8 Å². The molecule has 2 heterocycles. The van der Waals surface area contributed by atoms with E-state index in [0.29, 0.717) is 22.6 Å². The SMILES string of the molecule is O=C(O)c1ccc(-c2ccc(C=C3NC(=O)N(Cc4ccc(F)cc4)C3=O)o2)cc1. The van der Waals surface area contributed by atoms with Gasteiger partial charge in [-0.05, 0) is 42.0 Å². The van der Waals surface area contributed by atoms with Crippen molar-refractivity contribution in [3.8, 4) is 11.3 Å². The number of halogens is 1. The van der Waals surface area contributed by atoms with Gasteiger partial charge in [0.15, 0.2) is 0 Å². The molecule has 1 aliphatic rings. The topological polar surface area (TPSA) is 99.9 Å². The van der Waals surface area contributed by atoms with Crippen LogP contribution in [0.25, 0.3) is 17.4 Å². The van der Waals surface area contributed by atoms with Crippen molar-refractivity contribution in [1.82, 2.24) is 10.2 Å². The second kappa shape index (κ2) is 7.67. The summed E-state index contributed by atoms with van der Waals surface area (Å²) in [6, 6.07) is 14.4. The van der Waals surface area contributed by atoms with Gasteiger partial charge in [-0.25, -0.2) is 14.0 Å². The summed E-state index contributed by atoms with van der Waals surface area (Å²) in [6.07, 6.45) is 1.42. The molecule has 0 radical (unpaired) electrons. The first-order chi connectivity index (χ1) is 14.4. The number of rotatable bonds is 5. The highest BCUT2D eigenvalue weighted by Gasteiger charge is 2.33. The number of amides is 3. The molecule has 0 unspecified atom stereocenters. The molecule has 8 heteroatoms. The van der Waals surface area contributed by atoms with Crippen molar-refractivity contribution in [2.45, 2.75) is 6.54 Å². The Kier molecular flexibility index (Phi) is 4.89. The summed E-state index contributed by atoms with van der Waals surface area (Å²) < 4.78 is 18.7. The van der Waals surface area contributed by atoms with Crippen molar-refractivity contribution >= 4 is 24.0 Å². The summed E-state index contributed by atoms with van der Waals surface area (Å²) in [7, 11) is 0. The van der Waals surface area contributed by atoms with Crippen LogP contribution in [0.5, 0.6) is 0 Å². The van der Waals surface area contributed by atoms with Gasteiger partial charge in [0, 0.05) is 11.6 Å². The van der Waals surface area contributed by atoms with E-state index in [0.717, 1.165) is 4.90 Å². The highest BCUT2D eigenvalue weighted by atomic mass is 19.1. The first-order valence-electron chi connectivity index (χ1n) is 8.93. The molecule has 7 nitrogen and oxygen atoms in total. The summed E-state index contributed by atoms with van der Waals surface area (Å²) in [4.78, 5) is 36.7. The van der Waals surface area contributed by atoms with Gasteiger partial charge in [-0.1, -0.05) is 24.3 Å². The molecule has 2 N–H and O–H groups in total. The second-order valence-electron chi connectivity index (χ2n) is 6.59. The third-order valence-corrected chi connectivity index (χ3v) is 4.55. The lowest BCUT2D eigenvalue weighted by molar-refractivity contribution is -0.123. The average Bonchev–Trinajstić information content (AvgIpc) is 3.30. The van der Waals surface area contributed by atoms with E-state index in [2.05, 4.69) is 5.32 Å². The van der Waals surface area contributed by atoms with E-state index in [1.807, 2.05) is 0 Å². The summed E-state index contributed by atoms with van der Waals surface area (Å²) in [5, 5.41) is 11.5. The molecule has 150 valence electrons. The van der Waals surface area contributed by atoms with Crippen LogP contribution in [0, 0.1) is 5.82 Å². The van der Waals surface area contributed by atoms with Crippen LogP contribution in [-0.2, 0) is 11.3 Å². The summed E-state index contributed by atoms with van der Waals surface area (Å²) in [6.45, 7) is 0.0155. The van der Waals surface area contributed by atoms with Crippen LogP contribution < -0.4 is 5.32 Å². The lowest BCUT2D eigenvalue weighted by atomic mass is 10.1. The number of nitrogens with one attached hydrogen (secondary N) is 1. The third-order valence-electron chi connectivity index (χ3n) is 4.55. The van der Waals surface area contributed by atoms with Gasteiger partial charge in [-0.15, -0.1) is 0 Å². The molecule has 1 aromatic heterocycles. The number of carboxylic acids is 1. The molecule has 2 aromatic carbocycles. The average molecular weight is 406 g/mol. The molecular formula is C22H15FN2O5. The van der Waals surface area contributed by atoms with E-state index in [9.17, 15) is 18.8 Å². The molecule has 1 fully saturated rings. The van der Waals surface area contributed by atoms with Gasteiger partial charge in [0.05, 0.1) is 12.1 Å². The Bertz CT molecular complexity index is 1160. The van der Waals surface area contributed by atoms with Gasteiger partial charge in [-0.3, -0.25) is 9.69 Å². The Morgan fingerprint density at radius 2 is 1.73 bits per heavy atom. The first kappa shape index (κ1) is 19.1. The van der Waals surface area contributed by atoms with Gasteiger partial charge in [0.25, 0.3) is 5.91 Å². The molecule has 3 amide bonds. The van der Waals surface area contributed by atoms with Gasteiger partial charge in [-0.2, -0.15) is 0 Å². The Morgan fingerprint density at radius 3 is 2.40 bits per heavy atom. The Hall–Kier alpha value is -4.20. The number of imide groups is 1. The summed E-state index contributed by atoms with van der Waals surface area (Å²) in [5.41, 5.74) is 1.51. The number of nitrogens with zero attached hydrogens (tertiary/aromatic N) is 1. The quantitative estimate of drug-likeness (QED) is 0.495. The second-order valence-corrected chi connectivity index (χ2v) is 6.59. The Morgan fingerprint density at radius 1 is 1.03 bits per heavy atom. The monoisotopic (exact) mass is 406 g/mol. The number of carboxylic acid groups (broad SMARTS) is 1. The van der Waals surface area contributed by atoms with Gasteiger partial charge >= 0.3 is 12.0 Å². The predicted molar refractivity (Wildman–Crippen MR) is 105 cm³/mol. The van der Waals surface area contributed by atoms with Crippen molar-refractivity contribution in [2.24, 2.45) is 0 Å². The molecular weight excluding hydrogens is 391 g/mol. The van der Waals surface area contributed by atoms with Crippen LogP contribution >= 0.6 is 0 Å². The minimum atomic E-state index is -1.02. The van der Waals surface area contributed by atoms with E-state index in [1.54, 1.807) is 24.3 Å². The van der Waals surface area contributed by atoms with Crippen molar-refractivity contribution in [3.05, 3.63) is 89.1 Å². The van der Waals surface area contributed by atoms with Crippen LogP contribution in [0.4, 0.5) is 9.18 Å². The van der Waals surface area contributed by atoms with Crippen LogP contribution in [0.3, 0.4) is 0 Å². The minimum absolute atomic E-state index is 0.0155. The lowest BCUT2D eigenvalue weighted by Gasteiger charge is -2.11. The molecule has 0 saturated carbocycles. The molecule has 3 aromatic rings. The normalized spacial score (nSPS) is 15.0. The Balaban J connectivity index is 1.51.